The molecule has 2 aromatic carbocycles. The van der Waals surface area contributed by atoms with Crippen LogP contribution in [0.1, 0.15) is 16.8 Å². The molecule has 1 aliphatic rings. The molecule has 0 radical (unpaired) electrons. The van der Waals surface area contributed by atoms with Crippen molar-refractivity contribution in [2.75, 3.05) is 0 Å². The van der Waals surface area contributed by atoms with Gasteiger partial charge in [0.25, 0.3) is 0 Å². The second kappa shape index (κ2) is 5.44. The quantitative estimate of drug-likeness (QED) is 0.788. The molecule has 7 heteroatoms. The first-order valence-electron chi connectivity index (χ1n) is 7.17. The summed E-state index contributed by atoms with van der Waals surface area (Å²) in [6, 6.07) is 14.0. The smallest absolute Gasteiger partial charge is 0.292 e. The minimum atomic E-state index is -4.76. The molecule has 0 N–H and O–H groups in total. The number of rotatable bonds is 4. The predicted molar refractivity (Wildman–Crippen MR) is 81.3 cm³/mol. The first-order chi connectivity index (χ1) is 11.2. The van der Waals surface area contributed by atoms with Crippen LogP contribution in [0.2, 0.25) is 0 Å². The Labute approximate surface area is 137 Å². The fraction of sp³-hybridized carbons (Fsp3) is 0.235. The molecular formula is C17H13F3O3S. The van der Waals surface area contributed by atoms with Crippen LogP contribution in [0.25, 0.3) is 0 Å². The largest absolute Gasteiger partial charge is 0.393 e. The highest BCUT2D eigenvalue weighted by atomic mass is 32.2. The molecule has 0 saturated heterocycles. The molecule has 1 fully saturated rings. The van der Waals surface area contributed by atoms with Crippen LogP contribution in [-0.2, 0) is 9.84 Å². The van der Waals surface area contributed by atoms with Crippen LogP contribution >= 0.6 is 0 Å². The molecule has 24 heavy (non-hydrogen) atoms. The summed E-state index contributed by atoms with van der Waals surface area (Å²) >= 11 is 0. The van der Waals surface area contributed by atoms with Gasteiger partial charge < -0.3 is 0 Å². The fourth-order valence-corrected chi connectivity index (χ4v) is 5.13. The zero-order valence-electron chi connectivity index (χ0n) is 12.3. The van der Waals surface area contributed by atoms with Gasteiger partial charge in [-0.3, -0.25) is 4.79 Å². The molecule has 0 aromatic heterocycles. The van der Waals surface area contributed by atoms with Gasteiger partial charge in [0.15, 0.2) is 20.4 Å². The van der Waals surface area contributed by atoms with Crippen molar-refractivity contribution in [3.05, 3.63) is 66.2 Å². The highest BCUT2D eigenvalue weighted by molar-refractivity contribution is 7.94. The Morgan fingerprint density at radius 1 is 0.958 bits per heavy atom. The minimum absolute atomic E-state index is 0.0382. The van der Waals surface area contributed by atoms with Crippen LogP contribution in [0, 0.1) is 5.92 Å². The summed E-state index contributed by atoms with van der Waals surface area (Å²) in [5.41, 5.74) is -0.0382. The molecule has 2 unspecified atom stereocenters. The average Bonchev–Trinajstić information content (AvgIpc) is 3.34. The van der Waals surface area contributed by atoms with Crippen LogP contribution in [0.5, 0.6) is 0 Å². The van der Waals surface area contributed by atoms with Gasteiger partial charge in [-0.05, 0) is 18.6 Å². The summed E-state index contributed by atoms with van der Waals surface area (Å²) in [6.07, 6.45) is -5.51. The lowest BCUT2D eigenvalue weighted by Gasteiger charge is -2.19. The summed E-state index contributed by atoms with van der Waals surface area (Å²) in [5.74, 6) is -3.20. The maximum atomic E-state index is 13.2. The van der Waals surface area contributed by atoms with E-state index in [9.17, 15) is 26.4 Å². The van der Waals surface area contributed by atoms with E-state index >= 15 is 0 Å². The lowest BCUT2D eigenvalue weighted by molar-refractivity contribution is -0.148. The molecule has 1 aliphatic carbocycles. The molecule has 2 aromatic rings. The highest BCUT2D eigenvalue weighted by Crippen LogP contribution is 2.61. The van der Waals surface area contributed by atoms with E-state index < -0.39 is 38.9 Å². The normalized spacial score (nSPS) is 23.7. The molecule has 126 valence electrons. The SMILES string of the molecule is O=C(c1ccccc1)C1(S(=O)(=O)c2ccccc2)CC1C(F)(F)F. The molecule has 0 aliphatic heterocycles. The van der Waals surface area contributed by atoms with Crippen molar-refractivity contribution in [2.24, 2.45) is 5.92 Å². The monoisotopic (exact) mass is 354 g/mol. The van der Waals surface area contributed by atoms with Gasteiger partial charge in [0.05, 0.1) is 10.8 Å². The van der Waals surface area contributed by atoms with Crippen molar-refractivity contribution in [2.45, 2.75) is 22.2 Å². The number of halogens is 3. The Balaban J connectivity index is 2.15. The topological polar surface area (TPSA) is 51.2 Å². The summed E-state index contributed by atoms with van der Waals surface area (Å²) < 4.78 is 63.0. The third kappa shape index (κ3) is 2.43. The fourth-order valence-electron chi connectivity index (χ4n) is 2.94. The minimum Gasteiger partial charge on any atom is -0.292 e. The molecule has 0 spiro atoms. The number of Topliss-reactive ketones (excluding diaryl/α,β-unsaturated/α-hetero) is 1. The summed E-state index contributed by atoms with van der Waals surface area (Å²) in [7, 11) is -4.48. The van der Waals surface area contributed by atoms with Gasteiger partial charge in [0, 0.05) is 5.56 Å². The number of ketones is 1. The van der Waals surface area contributed by atoms with E-state index in [2.05, 4.69) is 0 Å². The number of hydrogen-bond acceptors (Lipinski definition) is 3. The van der Waals surface area contributed by atoms with Crippen LogP contribution < -0.4 is 0 Å². The second-order valence-corrected chi connectivity index (χ2v) is 7.91. The predicted octanol–water partition coefficient (Wildman–Crippen LogP) is 3.66. The molecule has 3 nitrogen and oxygen atoms in total. The van der Waals surface area contributed by atoms with Crippen molar-refractivity contribution >= 4 is 15.6 Å². The Hall–Kier alpha value is -2.15. The third-order valence-electron chi connectivity index (χ3n) is 4.26. The Morgan fingerprint density at radius 2 is 1.46 bits per heavy atom. The summed E-state index contributed by atoms with van der Waals surface area (Å²) in [4.78, 5) is 12.4. The van der Waals surface area contributed by atoms with Gasteiger partial charge in [-0.25, -0.2) is 8.42 Å². The van der Waals surface area contributed by atoms with Crippen LogP contribution in [0.4, 0.5) is 13.2 Å². The molecule has 0 amide bonds. The Bertz CT molecular complexity index is 861. The van der Waals surface area contributed by atoms with Crippen molar-refractivity contribution in [3.8, 4) is 0 Å². The van der Waals surface area contributed by atoms with E-state index in [-0.39, 0.29) is 10.5 Å². The van der Waals surface area contributed by atoms with Crippen molar-refractivity contribution in [1.29, 1.82) is 0 Å². The molecular weight excluding hydrogens is 341 g/mol. The first kappa shape index (κ1) is 16.7. The number of hydrogen-bond donors (Lipinski definition) is 0. The maximum absolute atomic E-state index is 13.2. The Morgan fingerprint density at radius 3 is 1.92 bits per heavy atom. The lowest BCUT2D eigenvalue weighted by Crippen LogP contribution is -2.38. The lowest BCUT2D eigenvalue weighted by atomic mass is 10.1. The molecule has 1 saturated carbocycles. The zero-order valence-corrected chi connectivity index (χ0v) is 13.1. The second-order valence-electron chi connectivity index (χ2n) is 5.70. The van der Waals surface area contributed by atoms with Crippen molar-refractivity contribution in [1.82, 2.24) is 0 Å². The molecule has 3 rings (SSSR count). The Kier molecular flexibility index (Phi) is 3.79. The highest BCUT2D eigenvalue weighted by Gasteiger charge is 2.77. The van der Waals surface area contributed by atoms with Gasteiger partial charge in [-0.15, -0.1) is 0 Å². The molecule has 0 bridgehead atoms. The van der Waals surface area contributed by atoms with Crippen LogP contribution in [0.3, 0.4) is 0 Å². The summed E-state index contributed by atoms with van der Waals surface area (Å²) in [5, 5.41) is 0. The van der Waals surface area contributed by atoms with E-state index in [1.54, 1.807) is 12.1 Å². The third-order valence-corrected chi connectivity index (χ3v) is 6.75. The van der Waals surface area contributed by atoms with Crippen LogP contribution in [0.15, 0.2) is 65.6 Å². The van der Waals surface area contributed by atoms with E-state index in [4.69, 9.17) is 0 Å². The zero-order chi connectivity index (χ0) is 17.6. The van der Waals surface area contributed by atoms with E-state index in [0.717, 1.165) is 0 Å². The molecule has 0 heterocycles. The standard InChI is InChI=1S/C17H13F3O3S/c18-17(19,20)14-11-16(14,15(21)12-7-3-1-4-8-12)24(22,23)13-9-5-2-6-10-13/h1-10,14H,11H2. The van der Waals surface area contributed by atoms with Gasteiger partial charge in [0.1, 0.15) is 0 Å². The number of benzene rings is 2. The maximum Gasteiger partial charge on any atom is 0.393 e. The van der Waals surface area contributed by atoms with E-state index in [0.29, 0.717) is 0 Å². The molecule has 2 atom stereocenters. The number of alkyl halides is 3. The van der Waals surface area contributed by atoms with Gasteiger partial charge in [-0.2, -0.15) is 13.2 Å². The number of carbonyl (C=O) groups excluding carboxylic acids is 1. The van der Waals surface area contributed by atoms with E-state index in [1.165, 1.54) is 48.5 Å². The van der Waals surface area contributed by atoms with Gasteiger partial charge in [-0.1, -0.05) is 48.5 Å². The van der Waals surface area contributed by atoms with Crippen molar-refractivity contribution in [3.63, 3.8) is 0 Å². The number of sulfone groups is 1. The number of carbonyl (C=O) groups is 1. The van der Waals surface area contributed by atoms with Crippen LogP contribution in [-0.4, -0.2) is 25.1 Å². The van der Waals surface area contributed by atoms with Gasteiger partial charge >= 0.3 is 6.18 Å². The average molecular weight is 354 g/mol. The first-order valence-corrected chi connectivity index (χ1v) is 8.66. The van der Waals surface area contributed by atoms with Gasteiger partial charge in [0.2, 0.25) is 0 Å². The summed E-state index contributed by atoms with van der Waals surface area (Å²) in [6.45, 7) is 0. The van der Waals surface area contributed by atoms with Crippen molar-refractivity contribution < 1.29 is 26.4 Å². The van der Waals surface area contributed by atoms with E-state index in [1.807, 2.05) is 0 Å².